The molecule has 0 aliphatic carbocycles. The van der Waals surface area contributed by atoms with Crippen molar-refractivity contribution in [2.75, 3.05) is 17.6 Å². The Morgan fingerprint density at radius 3 is 2.41 bits per heavy atom. The van der Waals surface area contributed by atoms with E-state index in [1.54, 1.807) is 61.5 Å². The summed E-state index contributed by atoms with van der Waals surface area (Å²) in [7, 11) is 0. The lowest BCUT2D eigenvalue weighted by atomic mass is 10.2. The third-order valence-corrected chi connectivity index (χ3v) is 4.03. The lowest BCUT2D eigenvalue weighted by molar-refractivity contribution is -0.115. The number of amides is 2. The molecule has 4 N–H and O–H groups in total. The summed E-state index contributed by atoms with van der Waals surface area (Å²) in [6.45, 7) is 5.23. The van der Waals surface area contributed by atoms with Gasteiger partial charge in [0.05, 0.1) is 12.3 Å². The molecule has 0 bridgehead atoms. The summed E-state index contributed by atoms with van der Waals surface area (Å²) in [5.41, 5.74) is 7.24. The van der Waals surface area contributed by atoms with Gasteiger partial charge in [-0.1, -0.05) is 36.9 Å². The second-order valence-corrected chi connectivity index (χ2v) is 6.67. The number of allylic oxidation sites excluding steroid dienone is 1. The number of ether oxygens (including phenoxy) is 1. The third-order valence-electron chi connectivity index (χ3n) is 4.03. The van der Waals surface area contributed by atoms with Gasteiger partial charge in [-0.3, -0.25) is 9.59 Å². The van der Waals surface area contributed by atoms with Gasteiger partial charge in [-0.2, -0.15) is 0 Å². The lowest BCUT2D eigenvalue weighted by Crippen LogP contribution is -2.33. The quantitative estimate of drug-likeness (QED) is 0.361. The highest BCUT2D eigenvalue weighted by atomic mass is 16.5. The predicted octanol–water partition coefficient (Wildman–Crippen LogP) is 4.36. The summed E-state index contributed by atoms with van der Waals surface area (Å²) in [5.74, 6) is 0.552. The summed E-state index contributed by atoms with van der Waals surface area (Å²) in [6, 6.07) is 18.8. The molecule has 162 valence electrons. The van der Waals surface area contributed by atoms with Crippen LogP contribution in [0.3, 0.4) is 0 Å². The summed E-state index contributed by atoms with van der Waals surface area (Å²) < 4.78 is 5.52. The number of hydrogen-bond donors (Lipinski definition) is 3. The van der Waals surface area contributed by atoms with E-state index in [1.165, 1.54) is 6.07 Å². The first-order valence-electron chi connectivity index (χ1n) is 9.66. The van der Waals surface area contributed by atoms with Gasteiger partial charge >= 0.3 is 0 Å². The monoisotopic (exact) mass is 430 g/mol. The van der Waals surface area contributed by atoms with Crippen molar-refractivity contribution in [3.05, 3.63) is 84.6 Å². The number of azo groups is 1. The summed E-state index contributed by atoms with van der Waals surface area (Å²) in [6.07, 6.45) is 0. The number of carbonyl (C=O) groups excluding carboxylic acids is 2. The Labute approximate surface area is 185 Å². The van der Waals surface area contributed by atoms with Crippen LogP contribution in [0.4, 0.5) is 23.0 Å². The molecule has 9 heteroatoms. The van der Waals surface area contributed by atoms with Gasteiger partial charge in [0.25, 0.3) is 5.91 Å². The van der Waals surface area contributed by atoms with Crippen LogP contribution in [0.1, 0.15) is 17.3 Å². The zero-order valence-electron chi connectivity index (χ0n) is 17.4. The fourth-order valence-corrected chi connectivity index (χ4v) is 2.58. The molecule has 9 nitrogen and oxygen atoms in total. The number of nitrogens with zero attached hydrogens (tertiary/aromatic N) is 3. The van der Waals surface area contributed by atoms with Gasteiger partial charge in [-0.15, -0.1) is 10.2 Å². The molecule has 0 saturated carbocycles. The summed E-state index contributed by atoms with van der Waals surface area (Å²) in [5, 5.41) is 13.4. The van der Waals surface area contributed by atoms with Crippen LogP contribution in [0.2, 0.25) is 0 Å². The van der Waals surface area contributed by atoms with Gasteiger partial charge < -0.3 is 21.1 Å². The molecule has 0 fully saturated rings. The van der Waals surface area contributed by atoms with Crippen LogP contribution in [0.25, 0.3) is 0 Å². The fourth-order valence-electron chi connectivity index (χ4n) is 2.58. The molecule has 2 amide bonds. The minimum atomic E-state index is -0.443. The predicted molar refractivity (Wildman–Crippen MR) is 122 cm³/mol. The molecule has 0 radical (unpaired) electrons. The normalized spacial score (nSPS) is 10.5. The van der Waals surface area contributed by atoms with Crippen molar-refractivity contribution in [2.24, 2.45) is 10.2 Å². The maximum absolute atomic E-state index is 12.1. The largest absolute Gasteiger partial charge is 0.460 e. The highest BCUT2D eigenvalue weighted by molar-refractivity contribution is 5.99. The van der Waals surface area contributed by atoms with E-state index in [4.69, 9.17) is 10.5 Å². The van der Waals surface area contributed by atoms with Crippen molar-refractivity contribution in [1.82, 2.24) is 10.3 Å². The zero-order valence-corrected chi connectivity index (χ0v) is 17.4. The number of para-hydroxylation sites is 1. The van der Waals surface area contributed by atoms with Gasteiger partial charge in [-0.25, -0.2) is 4.98 Å². The number of hydrogen-bond acceptors (Lipinski definition) is 7. The molecule has 0 aliphatic heterocycles. The number of anilines is 2. The molecule has 0 saturated heterocycles. The van der Waals surface area contributed by atoms with Crippen molar-refractivity contribution in [3.8, 4) is 5.75 Å². The number of nitrogens with one attached hydrogen (secondary N) is 2. The molecule has 1 heterocycles. The molecule has 3 aromatic rings. The molecular formula is C23H22N6O3. The topological polar surface area (TPSA) is 131 Å². The van der Waals surface area contributed by atoms with Crippen molar-refractivity contribution in [2.45, 2.75) is 6.92 Å². The minimum absolute atomic E-state index is 0.0816. The van der Waals surface area contributed by atoms with E-state index in [9.17, 15) is 9.59 Å². The second kappa shape index (κ2) is 10.5. The standard InChI is InChI=1S/C23H22N6O3/c1-15(2)32-19-11-7-6-10-17(19)28-29-18-12-13-20(27-22(18)24)26-21(30)14-25-23(31)16-8-4-3-5-9-16/h3-13H,1,14H2,2H3,(H,25,31)(H3,24,26,27,30)/b29-28+. The maximum atomic E-state index is 12.1. The molecule has 0 unspecified atom stereocenters. The summed E-state index contributed by atoms with van der Waals surface area (Å²) >= 11 is 0. The Hall–Kier alpha value is -4.53. The van der Waals surface area contributed by atoms with Gasteiger partial charge in [0, 0.05) is 5.56 Å². The average molecular weight is 430 g/mol. The van der Waals surface area contributed by atoms with E-state index >= 15 is 0 Å². The summed E-state index contributed by atoms with van der Waals surface area (Å²) in [4.78, 5) is 28.2. The van der Waals surface area contributed by atoms with Gasteiger partial charge in [-0.05, 0) is 43.3 Å². The minimum Gasteiger partial charge on any atom is -0.460 e. The van der Waals surface area contributed by atoms with Crippen molar-refractivity contribution in [1.29, 1.82) is 0 Å². The van der Waals surface area contributed by atoms with Crippen molar-refractivity contribution >= 4 is 34.8 Å². The number of benzene rings is 2. The highest BCUT2D eigenvalue weighted by Crippen LogP contribution is 2.31. The Kier molecular flexibility index (Phi) is 7.26. The second-order valence-electron chi connectivity index (χ2n) is 6.67. The van der Waals surface area contributed by atoms with E-state index in [0.717, 1.165) is 0 Å². The number of carbonyl (C=O) groups is 2. The van der Waals surface area contributed by atoms with Crippen LogP contribution in [-0.2, 0) is 4.79 Å². The van der Waals surface area contributed by atoms with E-state index in [2.05, 4.69) is 32.4 Å². The van der Waals surface area contributed by atoms with Crippen molar-refractivity contribution < 1.29 is 14.3 Å². The van der Waals surface area contributed by atoms with Crippen LogP contribution in [-0.4, -0.2) is 23.3 Å². The van der Waals surface area contributed by atoms with Crippen LogP contribution in [0, 0.1) is 0 Å². The van der Waals surface area contributed by atoms with Crippen LogP contribution >= 0.6 is 0 Å². The maximum Gasteiger partial charge on any atom is 0.251 e. The van der Waals surface area contributed by atoms with Crippen LogP contribution in [0.15, 0.2) is 89.3 Å². The fraction of sp³-hybridized carbons (Fsp3) is 0.0870. The van der Waals surface area contributed by atoms with Gasteiger partial charge in [0.2, 0.25) is 5.91 Å². The first-order valence-corrected chi connectivity index (χ1v) is 9.66. The van der Waals surface area contributed by atoms with Crippen LogP contribution < -0.4 is 21.1 Å². The Morgan fingerprint density at radius 2 is 1.69 bits per heavy atom. The average Bonchev–Trinajstić information content (AvgIpc) is 2.78. The first kappa shape index (κ1) is 22.2. The number of nitrogen functional groups attached to an aromatic ring is 1. The third kappa shape index (κ3) is 6.23. The lowest BCUT2D eigenvalue weighted by Gasteiger charge is -2.08. The Morgan fingerprint density at radius 1 is 1.00 bits per heavy atom. The van der Waals surface area contributed by atoms with E-state index in [0.29, 0.717) is 28.4 Å². The van der Waals surface area contributed by atoms with Crippen LogP contribution in [0.5, 0.6) is 5.75 Å². The smallest absolute Gasteiger partial charge is 0.251 e. The SMILES string of the molecule is C=C(C)Oc1ccccc1/N=N/c1ccc(NC(=O)CNC(=O)c2ccccc2)nc1N. The molecule has 1 aromatic heterocycles. The Balaban J connectivity index is 1.60. The Bertz CT molecular complexity index is 1160. The first-order chi connectivity index (χ1) is 15.4. The number of aromatic nitrogens is 1. The number of pyridine rings is 1. The van der Waals surface area contributed by atoms with Gasteiger partial charge in [0.15, 0.2) is 11.6 Å². The molecule has 2 aromatic carbocycles. The number of rotatable bonds is 8. The molecule has 32 heavy (non-hydrogen) atoms. The van der Waals surface area contributed by atoms with E-state index < -0.39 is 5.91 Å². The molecule has 0 atom stereocenters. The zero-order chi connectivity index (χ0) is 22.9. The van der Waals surface area contributed by atoms with E-state index in [-0.39, 0.29) is 24.1 Å². The number of nitrogens with two attached hydrogens (primary N) is 1. The highest BCUT2D eigenvalue weighted by Gasteiger charge is 2.10. The van der Waals surface area contributed by atoms with E-state index in [1.807, 2.05) is 6.07 Å². The molecular weight excluding hydrogens is 408 g/mol. The molecule has 0 spiro atoms. The van der Waals surface area contributed by atoms with Crippen molar-refractivity contribution in [3.63, 3.8) is 0 Å². The van der Waals surface area contributed by atoms with Gasteiger partial charge in [0.1, 0.15) is 17.2 Å². The molecule has 3 rings (SSSR count). The molecule has 0 aliphatic rings.